The smallest absolute Gasteiger partial charge is 0.227 e. The fraction of sp³-hybridized carbons (Fsp3) is 0.581. The molecule has 3 heterocycles. The van der Waals surface area contributed by atoms with E-state index in [1.165, 1.54) is 22.4 Å². The number of fused-ring (bicyclic) bond motifs is 2. The number of rotatable bonds is 8. The highest BCUT2D eigenvalue weighted by Gasteiger charge is 2.31. The topological polar surface area (TPSA) is 54.0 Å². The zero-order valence-corrected chi connectivity index (χ0v) is 22.9. The monoisotopic (exact) mass is 505 g/mol. The van der Waals surface area contributed by atoms with Crippen molar-refractivity contribution in [2.24, 2.45) is 11.8 Å². The summed E-state index contributed by atoms with van der Waals surface area (Å²) in [6.45, 7) is 13.1. The van der Waals surface area contributed by atoms with Crippen molar-refractivity contribution in [3.05, 3.63) is 52.6 Å². The Hall–Kier alpha value is -2.73. The maximum absolute atomic E-state index is 14.0. The minimum atomic E-state index is 0.0447. The number of carbonyl (C=O) groups is 1. The average molecular weight is 506 g/mol. The molecule has 5 rings (SSSR count). The van der Waals surface area contributed by atoms with Gasteiger partial charge in [-0.2, -0.15) is 0 Å². The van der Waals surface area contributed by atoms with Gasteiger partial charge in [0.15, 0.2) is 11.5 Å². The second-order valence-corrected chi connectivity index (χ2v) is 11.3. The molecule has 0 aromatic heterocycles. The second-order valence-electron chi connectivity index (χ2n) is 11.3. The average Bonchev–Trinajstić information content (AvgIpc) is 3.26. The molecule has 1 atom stereocenters. The summed E-state index contributed by atoms with van der Waals surface area (Å²) in [5, 5.41) is 3.57. The number of hydrogen-bond acceptors (Lipinski definition) is 5. The Bertz CT molecular complexity index is 1100. The predicted molar refractivity (Wildman–Crippen MR) is 148 cm³/mol. The number of aryl methyl sites for hydroxylation is 1. The molecule has 0 radical (unpaired) electrons. The summed E-state index contributed by atoms with van der Waals surface area (Å²) in [6.07, 6.45) is 4.92. The number of piperidine rings is 1. The van der Waals surface area contributed by atoms with Crippen LogP contribution in [-0.2, 0) is 30.7 Å². The number of nitrogens with one attached hydrogen (secondary N) is 1. The van der Waals surface area contributed by atoms with Gasteiger partial charge in [0.05, 0.1) is 19.1 Å². The summed E-state index contributed by atoms with van der Waals surface area (Å²) in [6, 6.07) is 11.0. The molecule has 6 nitrogen and oxygen atoms in total. The molecule has 0 aliphatic carbocycles. The van der Waals surface area contributed by atoms with Gasteiger partial charge in [-0.25, -0.2) is 0 Å². The summed E-state index contributed by atoms with van der Waals surface area (Å²) < 4.78 is 12.0. The van der Waals surface area contributed by atoms with Crippen LogP contribution >= 0.6 is 0 Å². The van der Waals surface area contributed by atoms with Gasteiger partial charge >= 0.3 is 0 Å². The van der Waals surface area contributed by atoms with Crippen LogP contribution in [0.25, 0.3) is 0 Å². The van der Waals surface area contributed by atoms with Gasteiger partial charge in [-0.1, -0.05) is 45.0 Å². The van der Waals surface area contributed by atoms with Crippen molar-refractivity contribution in [1.29, 1.82) is 0 Å². The molecular weight excluding hydrogens is 462 g/mol. The van der Waals surface area contributed by atoms with E-state index in [0.29, 0.717) is 31.6 Å². The van der Waals surface area contributed by atoms with Crippen molar-refractivity contribution >= 4 is 11.6 Å². The van der Waals surface area contributed by atoms with Crippen LogP contribution in [0.15, 0.2) is 30.3 Å². The van der Waals surface area contributed by atoms with Gasteiger partial charge in [-0.15, -0.1) is 0 Å². The number of carbonyl (C=O) groups excluding carboxylic acids is 1. The lowest BCUT2D eigenvalue weighted by Gasteiger charge is -2.36. The van der Waals surface area contributed by atoms with Crippen molar-refractivity contribution in [1.82, 2.24) is 9.80 Å². The largest absolute Gasteiger partial charge is 0.490 e. The van der Waals surface area contributed by atoms with Gasteiger partial charge in [-0.05, 0) is 66.5 Å². The molecule has 1 fully saturated rings. The first-order valence-electron chi connectivity index (χ1n) is 14.3. The fourth-order valence-corrected chi connectivity index (χ4v) is 6.10. The molecule has 3 aliphatic rings. The summed E-state index contributed by atoms with van der Waals surface area (Å²) in [4.78, 5) is 18.5. The van der Waals surface area contributed by atoms with E-state index < -0.39 is 0 Å². The number of benzene rings is 2. The highest BCUT2D eigenvalue weighted by atomic mass is 16.5. The van der Waals surface area contributed by atoms with E-state index >= 15 is 0 Å². The Balaban J connectivity index is 1.30. The molecular formula is C31H43N3O3. The number of para-hydroxylation sites is 1. The van der Waals surface area contributed by atoms with Crippen molar-refractivity contribution in [2.45, 2.75) is 66.0 Å². The molecule has 37 heavy (non-hydrogen) atoms. The van der Waals surface area contributed by atoms with E-state index in [1.807, 2.05) is 0 Å². The lowest BCUT2D eigenvalue weighted by Crippen LogP contribution is -2.45. The van der Waals surface area contributed by atoms with Gasteiger partial charge < -0.3 is 19.7 Å². The van der Waals surface area contributed by atoms with Crippen LogP contribution in [0.5, 0.6) is 11.5 Å². The molecule has 2 aromatic rings. The third-order valence-electron chi connectivity index (χ3n) is 7.82. The van der Waals surface area contributed by atoms with Gasteiger partial charge in [0.1, 0.15) is 0 Å². The number of likely N-dealkylation sites (tertiary alicyclic amines) is 1. The Morgan fingerprint density at radius 1 is 1.16 bits per heavy atom. The molecule has 2 aromatic carbocycles. The summed E-state index contributed by atoms with van der Waals surface area (Å²) >= 11 is 0. The molecule has 0 spiro atoms. The SMILES string of the molecule is CCc1cc(CN(CC(C)C)C(=O)C2CCCN(Cc3cccc4c3NCC4)C2)cc2c1OCCCO2. The molecule has 6 heteroatoms. The maximum atomic E-state index is 14.0. The first-order valence-corrected chi connectivity index (χ1v) is 14.3. The molecule has 0 bridgehead atoms. The second kappa shape index (κ2) is 11.8. The quantitative estimate of drug-likeness (QED) is 0.529. The Morgan fingerprint density at radius 3 is 2.86 bits per heavy atom. The minimum absolute atomic E-state index is 0.0447. The molecule has 1 saturated heterocycles. The van der Waals surface area contributed by atoms with Crippen molar-refractivity contribution in [3.8, 4) is 11.5 Å². The Morgan fingerprint density at radius 2 is 2.03 bits per heavy atom. The van der Waals surface area contributed by atoms with Gasteiger partial charge in [0.25, 0.3) is 0 Å². The van der Waals surface area contributed by atoms with Crippen LogP contribution in [0.2, 0.25) is 0 Å². The highest BCUT2D eigenvalue weighted by Crippen LogP contribution is 2.36. The third kappa shape index (κ3) is 6.06. The zero-order chi connectivity index (χ0) is 25.8. The van der Waals surface area contributed by atoms with E-state index in [4.69, 9.17) is 9.47 Å². The number of ether oxygens (including phenoxy) is 2. The van der Waals surface area contributed by atoms with Gasteiger partial charge in [-0.3, -0.25) is 9.69 Å². The number of hydrogen-bond donors (Lipinski definition) is 1. The van der Waals surface area contributed by atoms with Crippen LogP contribution < -0.4 is 14.8 Å². The highest BCUT2D eigenvalue weighted by molar-refractivity contribution is 5.79. The van der Waals surface area contributed by atoms with Gasteiger partial charge in [0.2, 0.25) is 5.91 Å². The molecule has 200 valence electrons. The zero-order valence-electron chi connectivity index (χ0n) is 22.9. The van der Waals surface area contributed by atoms with Gasteiger partial charge in [0, 0.05) is 44.8 Å². The molecule has 1 amide bonds. The molecule has 1 N–H and O–H groups in total. The van der Waals surface area contributed by atoms with Crippen LogP contribution in [0, 0.1) is 11.8 Å². The molecule has 0 saturated carbocycles. The van der Waals surface area contributed by atoms with E-state index in [1.54, 1.807) is 0 Å². The Labute approximate surface area is 222 Å². The third-order valence-corrected chi connectivity index (χ3v) is 7.82. The van der Waals surface area contributed by atoms with E-state index in [9.17, 15) is 4.79 Å². The van der Waals surface area contributed by atoms with Crippen LogP contribution in [-0.4, -0.2) is 55.1 Å². The lowest BCUT2D eigenvalue weighted by atomic mass is 9.95. The predicted octanol–water partition coefficient (Wildman–Crippen LogP) is 5.28. The van der Waals surface area contributed by atoms with Crippen LogP contribution in [0.1, 0.15) is 62.3 Å². The van der Waals surface area contributed by atoms with Crippen LogP contribution in [0.4, 0.5) is 5.69 Å². The summed E-state index contributed by atoms with van der Waals surface area (Å²) in [5.74, 6) is 2.46. The first kappa shape index (κ1) is 25.9. The number of amides is 1. The summed E-state index contributed by atoms with van der Waals surface area (Å²) in [7, 11) is 0. The number of nitrogens with zero attached hydrogens (tertiary/aromatic N) is 2. The van der Waals surface area contributed by atoms with E-state index in [0.717, 1.165) is 81.9 Å². The van der Waals surface area contributed by atoms with Crippen molar-refractivity contribution in [3.63, 3.8) is 0 Å². The Kier molecular flexibility index (Phi) is 8.23. The normalized spacial score (nSPS) is 19.3. The molecule has 3 aliphatic heterocycles. The fourth-order valence-electron chi connectivity index (χ4n) is 6.10. The van der Waals surface area contributed by atoms with E-state index in [-0.39, 0.29) is 5.92 Å². The maximum Gasteiger partial charge on any atom is 0.227 e. The first-order chi connectivity index (χ1) is 18.0. The number of anilines is 1. The van der Waals surface area contributed by atoms with E-state index in [2.05, 4.69) is 66.2 Å². The van der Waals surface area contributed by atoms with Crippen molar-refractivity contribution < 1.29 is 14.3 Å². The standard InChI is InChI=1S/C31H43N3O3/c1-4-24-16-23(17-28-30(24)37-15-7-14-36-28)19-34(18-22(2)3)31(35)27-10-6-13-33(21-27)20-26-9-5-8-25-11-12-32-29(25)26/h5,8-9,16-17,22,27,32H,4,6-7,10-15,18-21H2,1-3H3. The molecule has 1 unspecified atom stereocenters. The van der Waals surface area contributed by atoms with Crippen LogP contribution in [0.3, 0.4) is 0 Å². The lowest BCUT2D eigenvalue weighted by molar-refractivity contribution is -0.138. The van der Waals surface area contributed by atoms with Crippen molar-refractivity contribution in [2.75, 3.05) is 44.7 Å². The minimum Gasteiger partial charge on any atom is -0.490 e. The summed E-state index contributed by atoms with van der Waals surface area (Å²) in [5.41, 5.74) is 6.40.